The van der Waals surface area contributed by atoms with Gasteiger partial charge in [-0.2, -0.15) is 0 Å². The van der Waals surface area contributed by atoms with Gasteiger partial charge in [0, 0.05) is 17.8 Å². The first-order valence-electron chi connectivity index (χ1n) is 9.24. The lowest BCUT2D eigenvalue weighted by molar-refractivity contribution is -0.115. The molecule has 154 valence electrons. The van der Waals surface area contributed by atoms with Crippen LogP contribution in [0, 0.1) is 0 Å². The van der Waals surface area contributed by atoms with E-state index in [9.17, 15) is 4.79 Å². The fourth-order valence-electron chi connectivity index (χ4n) is 2.41. The van der Waals surface area contributed by atoms with E-state index in [4.69, 9.17) is 26.4 Å². The van der Waals surface area contributed by atoms with Gasteiger partial charge in [0.25, 0.3) is 0 Å². The van der Waals surface area contributed by atoms with Gasteiger partial charge in [-0.25, -0.2) is 0 Å². The van der Waals surface area contributed by atoms with Crippen molar-refractivity contribution in [1.82, 2.24) is 5.32 Å². The fourth-order valence-corrected chi connectivity index (χ4v) is 2.63. The number of amides is 1. The van der Waals surface area contributed by atoms with Crippen LogP contribution in [0.4, 0.5) is 5.69 Å². The molecule has 6 nitrogen and oxygen atoms in total. The van der Waals surface area contributed by atoms with Crippen molar-refractivity contribution >= 4 is 35.0 Å². The van der Waals surface area contributed by atoms with Crippen molar-refractivity contribution in [3.05, 3.63) is 54.1 Å². The van der Waals surface area contributed by atoms with Crippen molar-refractivity contribution in [2.24, 2.45) is 0 Å². The van der Waals surface area contributed by atoms with Crippen LogP contribution in [0.3, 0.4) is 0 Å². The van der Waals surface area contributed by atoms with Crippen LogP contribution in [0.5, 0.6) is 17.2 Å². The normalized spacial score (nSPS) is 11.6. The molecule has 0 saturated carbocycles. The van der Waals surface area contributed by atoms with Gasteiger partial charge in [0.05, 0.1) is 20.3 Å². The average Bonchev–Trinajstić information content (AvgIpc) is 2.71. The van der Waals surface area contributed by atoms with Gasteiger partial charge in [-0.15, -0.1) is 0 Å². The Morgan fingerprint density at radius 1 is 1.14 bits per heavy atom. The van der Waals surface area contributed by atoms with E-state index in [1.165, 1.54) is 6.08 Å². The first-order chi connectivity index (χ1) is 13.9. The maximum Gasteiger partial charge on any atom is 0.250 e. The van der Waals surface area contributed by atoms with Crippen molar-refractivity contribution in [3.8, 4) is 17.2 Å². The lowest BCUT2D eigenvalue weighted by Gasteiger charge is -2.14. The summed E-state index contributed by atoms with van der Waals surface area (Å²) in [6.45, 7) is 4.07. The van der Waals surface area contributed by atoms with Crippen LogP contribution in [-0.2, 0) is 4.79 Å². The van der Waals surface area contributed by atoms with Crippen molar-refractivity contribution in [2.45, 2.75) is 26.4 Å². The maximum absolute atomic E-state index is 12.1. The first-order valence-corrected chi connectivity index (χ1v) is 9.64. The molecule has 29 heavy (non-hydrogen) atoms. The molecule has 0 aliphatic carbocycles. The van der Waals surface area contributed by atoms with Crippen molar-refractivity contribution in [2.75, 3.05) is 19.5 Å². The second-order valence-electron chi connectivity index (χ2n) is 6.26. The summed E-state index contributed by atoms with van der Waals surface area (Å²) < 4.78 is 16.2. The van der Waals surface area contributed by atoms with Crippen LogP contribution in [0.2, 0.25) is 0 Å². The molecule has 2 rings (SSSR count). The zero-order valence-corrected chi connectivity index (χ0v) is 17.8. The van der Waals surface area contributed by atoms with Gasteiger partial charge in [-0.05, 0) is 61.5 Å². The number of anilines is 1. The zero-order valence-electron chi connectivity index (χ0n) is 17.0. The summed E-state index contributed by atoms with van der Waals surface area (Å²) in [5.41, 5.74) is 1.53. The number of nitrogens with one attached hydrogen (secondary N) is 2. The largest absolute Gasteiger partial charge is 0.493 e. The van der Waals surface area contributed by atoms with Gasteiger partial charge in [0.15, 0.2) is 16.6 Å². The van der Waals surface area contributed by atoms with E-state index in [1.54, 1.807) is 32.4 Å². The van der Waals surface area contributed by atoms with Gasteiger partial charge >= 0.3 is 0 Å². The number of hydrogen-bond acceptors (Lipinski definition) is 5. The Bertz CT molecular complexity index is 883. The highest BCUT2D eigenvalue weighted by molar-refractivity contribution is 7.80. The van der Waals surface area contributed by atoms with Crippen LogP contribution in [0.25, 0.3) is 6.08 Å². The number of hydrogen-bond donors (Lipinski definition) is 2. The predicted octanol–water partition coefficient (Wildman–Crippen LogP) is 4.41. The second-order valence-corrected chi connectivity index (χ2v) is 6.66. The second kappa shape index (κ2) is 11.1. The SMILES string of the molecule is CCC(C)Oc1cccc(NC(=S)NC(=O)/C=C/c2ccc(OC)c(OC)c2)c1. The Morgan fingerprint density at radius 2 is 1.90 bits per heavy atom. The van der Waals surface area contributed by atoms with Crippen LogP contribution in [0.15, 0.2) is 48.5 Å². The topological polar surface area (TPSA) is 68.8 Å². The lowest BCUT2D eigenvalue weighted by Crippen LogP contribution is -2.32. The van der Waals surface area contributed by atoms with Gasteiger partial charge in [0.2, 0.25) is 5.91 Å². The molecular formula is C22H26N2O4S. The molecule has 0 bridgehead atoms. The number of rotatable bonds is 8. The minimum absolute atomic E-state index is 0.124. The summed E-state index contributed by atoms with van der Waals surface area (Å²) in [7, 11) is 3.13. The smallest absolute Gasteiger partial charge is 0.250 e. The number of ether oxygens (including phenoxy) is 3. The summed E-state index contributed by atoms with van der Waals surface area (Å²) >= 11 is 5.22. The molecule has 7 heteroatoms. The van der Waals surface area contributed by atoms with Crippen LogP contribution in [-0.4, -0.2) is 31.3 Å². The van der Waals surface area contributed by atoms with Crippen molar-refractivity contribution in [3.63, 3.8) is 0 Å². The van der Waals surface area contributed by atoms with E-state index in [0.717, 1.165) is 23.4 Å². The highest BCUT2D eigenvalue weighted by atomic mass is 32.1. The molecule has 0 aliphatic rings. The maximum atomic E-state index is 12.1. The van der Waals surface area contributed by atoms with Gasteiger partial charge in [0.1, 0.15) is 5.75 Å². The first kappa shape index (κ1) is 22.2. The highest BCUT2D eigenvalue weighted by Crippen LogP contribution is 2.27. The summed E-state index contributed by atoms with van der Waals surface area (Å²) in [6, 6.07) is 12.8. The third kappa shape index (κ3) is 7.12. The minimum Gasteiger partial charge on any atom is -0.493 e. The standard InChI is InChI=1S/C22H26N2O4S/c1-5-15(2)28-18-8-6-7-17(14-18)23-22(29)24-21(25)12-10-16-9-11-19(26-3)20(13-16)27-4/h6-15H,5H2,1-4H3,(H2,23,24,25,29)/b12-10+. The molecule has 1 unspecified atom stereocenters. The third-order valence-electron chi connectivity index (χ3n) is 4.08. The Kier molecular flexibility index (Phi) is 8.48. The van der Waals surface area contributed by atoms with Crippen LogP contribution < -0.4 is 24.8 Å². The highest BCUT2D eigenvalue weighted by Gasteiger charge is 2.06. The molecule has 0 aliphatic heterocycles. The zero-order chi connectivity index (χ0) is 21.2. The number of carbonyl (C=O) groups excluding carboxylic acids is 1. The quantitative estimate of drug-likeness (QED) is 0.493. The molecule has 2 aromatic rings. The average molecular weight is 415 g/mol. The third-order valence-corrected chi connectivity index (χ3v) is 4.28. The van der Waals surface area contributed by atoms with E-state index in [-0.39, 0.29) is 17.1 Å². The summed E-state index contributed by atoms with van der Waals surface area (Å²) in [4.78, 5) is 12.1. The molecule has 2 aromatic carbocycles. The fraction of sp³-hybridized carbons (Fsp3) is 0.273. The number of methoxy groups -OCH3 is 2. The molecule has 0 aromatic heterocycles. The Labute approximate surface area is 176 Å². The van der Waals surface area contributed by atoms with E-state index >= 15 is 0 Å². The number of carbonyl (C=O) groups is 1. The van der Waals surface area contributed by atoms with E-state index in [0.29, 0.717) is 11.5 Å². The van der Waals surface area contributed by atoms with Crippen molar-refractivity contribution in [1.29, 1.82) is 0 Å². The molecule has 0 spiro atoms. The van der Waals surface area contributed by atoms with Crippen LogP contribution in [0.1, 0.15) is 25.8 Å². The van der Waals surface area contributed by atoms with Gasteiger partial charge in [-0.3, -0.25) is 10.1 Å². The van der Waals surface area contributed by atoms with E-state index < -0.39 is 0 Å². The van der Waals surface area contributed by atoms with E-state index in [2.05, 4.69) is 17.6 Å². The Balaban J connectivity index is 1.93. The Hall–Kier alpha value is -3.06. The molecule has 0 saturated heterocycles. The molecule has 1 amide bonds. The molecule has 0 heterocycles. The van der Waals surface area contributed by atoms with Gasteiger partial charge < -0.3 is 19.5 Å². The molecule has 0 radical (unpaired) electrons. The molecular weight excluding hydrogens is 388 g/mol. The number of thiocarbonyl (C=S) groups is 1. The van der Waals surface area contributed by atoms with E-state index in [1.807, 2.05) is 37.3 Å². The molecule has 1 atom stereocenters. The summed E-state index contributed by atoms with van der Waals surface area (Å²) in [5, 5.41) is 5.81. The van der Waals surface area contributed by atoms with Crippen LogP contribution >= 0.6 is 12.2 Å². The summed E-state index contributed by atoms with van der Waals surface area (Å²) in [5.74, 6) is 1.61. The molecule has 0 fully saturated rings. The van der Waals surface area contributed by atoms with Gasteiger partial charge in [-0.1, -0.05) is 19.1 Å². The number of benzene rings is 2. The lowest BCUT2D eigenvalue weighted by atomic mass is 10.2. The predicted molar refractivity (Wildman–Crippen MR) is 120 cm³/mol. The Morgan fingerprint density at radius 3 is 2.59 bits per heavy atom. The van der Waals surface area contributed by atoms with Crippen molar-refractivity contribution < 1.29 is 19.0 Å². The minimum atomic E-state index is -0.343. The molecule has 2 N–H and O–H groups in total. The summed E-state index contributed by atoms with van der Waals surface area (Å²) in [6.07, 6.45) is 4.11. The monoisotopic (exact) mass is 414 g/mol.